The number of anilines is 1. The summed E-state index contributed by atoms with van der Waals surface area (Å²) >= 11 is 5.98. The van der Waals surface area contributed by atoms with Crippen molar-refractivity contribution in [2.45, 2.75) is 33.2 Å². The molecule has 2 heterocycles. The first-order chi connectivity index (χ1) is 13.0. The van der Waals surface area contributed by atoms with Crippen LogP contribution in [0.3, 0.4) is 0 Å². The topological polar surface area (TPSA) is 62.7 Å². The molecule has 0 aliphatic carbocycles. The van der Waals surface area contributed by atoms with Gasteiger partial charge in [0, 0.05) is 55.2 Å². The van der Waals surface area contributed by atoms with Gasteiger partial charge in [-0.1, -0.05) is 25.4 Å². The Morgan fingerprint density at radius 2 is 1.78 bits per heavy atom. The molecule has 0 atom stereocenters. The van der Waals surface area contributed by atoms with Gasteiger partial charge in [-0.15, -0.1) is 0 Å². The first kappa shape index (κ1) is 19.5. The molecule has 7 heteroatoms. The van der Waals surface area contributed by atoms with Gasteiger partial charge < -0.3 is 15.5 Å². The summed E-state index contributed by atoms with van der Waals surface area (Å²) in [5, 5.41) is 5.38. The Balaban J connectivity index is 1.62. The molecule has 1 aromatic heterocycles. The van der Waals surface area contributed by atoms with Crippen molar-refractivity contribution >= 4 is 23.2 Å². The SMILES string of the molecule is CCc1nn(C)c(CC)c1CN=C(N)N1CCN(c2ccc(Cl)cc2)CC1. The molecular weight excluding hydrogens is 360 g/mol. The van der Waals surface area contributed by atoms with Crippen LogP contribution in [-0.2, 0) is 26.4 Å². The first-order valence-corrected chi connectivity index (χ1v) is 10.00. The predicted molar refractivity (Wildman–Crippen MR) is 113 cm³/mol. The van der Waals surface area contributed by atoms with E-state index in [1.54, 1.807) is 0 Å². The second kappa shape index (κ2) is 8.65. The van der Waals surface area contributed by atoms with Crippen LogP contribution in [0.1, 0.15) is 30.8 Å². The minimum atomic E-state index is 0.601. The Hall–Kier alpha value is -2.21. The van der Waals surface area contributed by atoms with E-state index in [4.69, 9.17) is 17.3 Å². The fraction of sp³-hybridized carbons (Fsp3) is 0.500. The lowest BCUT2D eigenvalue weighted by molar-refractivity contribution is 0.380. The van der Waals surface area contributed by atoms with Crippen molar-refractivity contribution < 1.29 is 0 Å². The number of halogens is 1. The third-order valence-electron chi connectivity index (χ3n) is 5.22. The van der Waals surface area contributed by atoms with Gasteiger partial charge in [-0.25, -0.2) is 4.99 Å². The molecule has 0 bridgehead atoms. The van der Waals surface area contributed by atoms with Crippen molar-refractivity contribution in [1.82, 2.24) is 14.7 Å². The molecule has 2 N–H and O–H groups in total. The summed E-state index contributed by atoms with van der Waals surface area (Å²) < 4.78 is 1.98. The van der Waals surface area contributed by atoms with Gasteiger partial charge >= 0.3 is 0 Å². The molecule has 0 unspecified atom stereocenters. The van der Waals surface area contributed by atoms with Gasteiger partial charge in [-0.3, -0.25) is 4.68 Å². The van der Waals surface area contributed by atoms with E-state index in [0.29, 0.717) is 12.5 Å². The zero-order chi connectivity index (χ0) is 19.4. The van der Waals surface area contributed by atoms with Crippen LogP contribution in [0.25, 0.3) is 0 Å². The van der Waals surface area contributed by atoms with Crippen molar-refractivity contribution in [1.29, 1.82) is 0 Å². The average molecular weight is 389 g/mol. The molecule has 146 valence electrons. The Morgan fingerprint density at radius 1 is 1.11 bits per heavy atom. The lowest BCUT2D eigenvalue weighted by Crippen LogP contribution is -2.51. The lowest BCUT2D eigenvalue weighted by atomic mass is 10.1. The van der Waals surface area contributed by atoms with Crippen LogP contribution in [0.4, 0.5) is 5.69 Å². The number of nitrogens with two attached hydrogens (primary N) is 1. The Kier molecular flexibility index (Phi) is 6.26. The highest BCUT2D eigenvalue weighted by Gasteiger charge is 2.19. The number of piperazine rings is 1. The van der Waals surface area contributed by atoms with Gasteiger partial charge in [0.05, 0.1) is 12.2 Å². The molecule has 2 aromatic rings. The highest BCUT2D eigenvalue weighted by atomic mass is 35.5. The molecule has 0 spiro atoms. The zero-order valence-corrected chi connectivity index (χ0v) is 17.2. The molecule has 0 radical (unpaired) electrons. The summed E-state index contributed by atoms with van der Waals surface area (Å²) in [6.45, 7) is 8.47. The molecule has 1 saturated heterocycles. The van der Waals surface area contributed by atoms with Crippen LogP contribution in [0.2, 0.25) is 5.02 Å². The molecule has 0 amide bonds. The van der Waals surface area contributed by atoms with E-state index in [0.717, 1.165) is 49.7 Å². The quantitative estimate of drug-likeness (QED) is 0.632. The molecule has 27 heavy (non-hydrogen) atoms. The summed E-state index contributed by atoms with van der Waals surface area (Å²) in [5.74, 6) is 0.624. The Bertz CT molecular complexity index is 788. The highest BCUT2D eigenvalue weighted by Crippen LogP contribution is 2.20. The van der Waals surface area contributed by atoms with Crippen molar-refractivity contribution in [3.63, 3.8) is 0 Å². The minimum absolute atomic E-state index is 0.601. The van der Waals surface area contributed by atoms with Crippen LogP contribution in [0, 0.1) is 0 Å². The maximum absolute atomic E-state index is 6.30. The predicted octanol–water partition coefficient (Wildman–Crippen LogP) is 2.84. The van der Waals surface area contributed by atoms with Crippen LogP contribution in [-0.4, -0.2) is 46.8 Å². The number of hydrogen-bond acceptors (Lipinski definition) is 3. The number of aliphatic imine (C=N–C) groups is 1. The van der Waals surface area contributed by atoms with E-state index in [1.165, 1.54) is 16.9 Å². The molecule has 1 fully saturated rings. The fourth-order valence-electron chi connectivity index (χ4n) is 3.68. The summed E-state index contributed by atoms with van der Waals surface area (Å²) in [6.07, 6.45) is 1.87. The van der Waals surface area contributed by atoms with Crippen molar-refractivity contribution in [3.8, 4) is 0 Å². The summed E-state index contributed by atoms with van der Waals surface area (Å²) in [7, 11) is 2.00. The van der Waals surface area contributed by atoms with Gasteiger partial charge in [0.2, 0.25) is 0 Å². The van der Waals surface area contributed by atoms with Gasteiger partial charge in [-0.2, -0.15) is 5.10 Å². The number of aryl methyl sites for hydroxylation is 2. The summed E-state index contributed by atoms with van der Waals surface area (Å²) in [4.78, 5) is 9.21. The standard InChI is InChI=1S/C20H29ClN6/c1-4-18-17(19(5-2)25(3)24-18)14-23-20(22)27-12-10-26(11-13-27)16-8-6-15(21)7-9-16/h6-9H,4-5,10-14H2,1-3H3,(H2,22,23). The Morgan fingerprint density at radius 3 is 2.37 bits per heavy atom. The number of guanidine groups is 1. The van der Waals surface area contributed by atoms with E-state index in [2.05, 4.69) is 45.9 Å². The van der Waals surface area contributed by atoms with Crippen LogP contribution in [0.5, 0.6) is 0 Å². The van der Waals surface area contributed by atoms with Crippen LogP contribution >= 0.6 is 11.6 Å². The normalized spacial score (nSPS) is 15.5. The largest absolute Gasteiger partial charge is 0.370 e. The van der Waals surface area contributed by atoms with Crippen LogP contribution < -0.4 is 10.6 Å². The minimum Gasteiger partial charge on any atom is -0.370 e. The molecule has 1 aliphatic heterocycles. The van der Waals surface area contributed by atoms with E-state index in [9.17, 15) is 0 Å². The smallest absolute Gasteiger partial charge is 0.191 e. The number of hydrogen-bond donors (Lipinski definition) is 1. The second-order valence-corrected chi connectivity index (χ2v) is 7.26. The zero-order valence-electron chi connectivity index (χ0n) is 16.5. The lowest BCUT2D eigenvalue weighted by Gasteiger charge is -2.36. The molecule has 3 rings (SSSR count). The van der Waals surface area contributed by atoms with Crippen molar-refractivity contribution in [2.24, 2.45) is 17.8 Å². The van der Waals surface area contributed by atoms with Crippen molar-refractivity contribution in [3.05, 3.63) is 46.2 Å². The van der Waals surface area contributed by atoms with Crippen molar-refractivity contribution in [2.75, 3.05) is 31.1 Å². The fourth-order valence-corrected chi connectivity index (χ4v) is 3.80. The second-order valence-electron chi connectivity index (χ2n) is 6.83. The van der Waals surface area contributed by atoms with E-state index >= 15 is 0 Å². The first-order valence-electron chi connectivity index (χ1n) is 9.62. The maximum Gasteiger partial charge on any atom is 0.191 e. The molecule has 0 saturated carbocycles. The Labute approximate surface area is 166 Å². The number of rotatable bonds is 5. The number of aromatic nitrogens is 2. The van der Waals surface area contributed by atoms with E-state index in [1.807, 2.05) is 23.9 Å². The van der Waals surface area contributed by atoms with Gasteiger partial charge in [-0.05, 0) is 37.1 Å². The average Bonchev–Trinajstić information content (AvgIpc) is 3.01. The molecule has 6 nitrogen and oxygen atoms in total. The monoisotopic (exact) mass is 388 g/mol. The van der Waals surface area contributed by atoms with E-state index in [-0.39, 0.29) is 0 Å². The molecule has 1 aliphatic rings. The summed E-state index contributed by atoms with van der Waals surface area (Å²) in [5.41, 5.74) is 11.1. The third kappa shape index (κ3) is 4.38. The number of benzene rings is 1. The van der Waals surface area contributed by atoms with Gasteiger partial charge in [0.1, 0.15) is 0 Å². The maximum atomic E-state index is 6.30. The van der Waals surface area contributed by atoms with Crippen LogP contribution in [0.15, 0.2) is 29.3 Å². The number of nitrogens with zero attached hydrogens (tertiary/aromatic N) is 5. The summed E-state index contributed by atoms with van der Waals surface area (Å²) in [6, 6.07) is 8.00. The molecular formula is C20H29ClN6. The molecule has 1 aromatic carbocycles. The highest BCUT2D eigenvalue weighted by molar-refractivity contribution is 6.30. The van der Waals surface area contributed by atoms with E-state index < -0.39 is 0 Å². The third-order valence-corrected chi connectivity index (χ3v) is 5.47. The van der Waals surface area contributed by atoms with Gasteiger partial charge in [0.25, 0.3) is 0 Å². The van der Waals surface area contributed by atoms with Gasteiger partial charge in [0.15, 0.2) is 5.96 Å².